The molecule has 0 bridgehead atoms. The molecular formula is C17H21N5OS. The summed E-state index contributed by atoms with van der Waals surface area (Å²) in [5.41, 5.74) is 1.51. The minimum absolute atomic E-state index is 0.0443. The topological polar surface area (TPSA) is 63.4 Å². The Bertz CT molecular complexity index is 910. The first-order valence-corrected chi connectivity index (χ1v) is 8.75. The zero-order valence-corrected chi connectivity index (χ0v) is 15.4. The van der Waals surface area contributed by atoms with Crippen LogP contribution < -0.4 is 0 Å². The molecule has 0 atom stereocenters. The molecule has 6 nitrogen and oxygen atoms in total. The van der Waals surface area contributed by atoms with Crippen LogP contribution in [0, 0.1) is 0 Å². The second-order valence-corrected chi connectivity index (χ2v) is 7.86. The van der Waals surface area contributed by atoms with E-state index in [0.717, 1.165) is 22.4 Å². The first-order valence-electron chi connectivity index (χ1n) is 7.76. The first kappa shape index (κ1) is 16.7. The van der Waals surface area contributed by atoms with Crippen LogP contribution in [0.1, 0.15) is 26.6 Å². The van der Waals surface area contributed by atoms with Gasteiger partial charge in [0.25, 0.3) is 0 Å². The van der Waals surface area contributed by atoms with Crippen LogP contribution >= 0.6 is 11.8 Å². The van der Waals surface area contributed by atoms with Crippen molar-refractivity contribution in [1.29, 1.82) is 0 Å². The average molecular weight is 343 g/mol. The Morgan fingerprint density at radius 3 is 2.58 bits per heavy atom. The molecule has 1 amide bonds. The van der Waals surface area contributed by atoms with Crippen molar-refractivity contribution in [3.05, 3.63) is 30.1 Å². The fourth-order valence-electron chi connectivity index (χ4n) is 2.41. The minimum Gasteiger partial charge on any atom is -0.348 e. The second kappa shape index (κ2) is 6.05. The molecule has 2 heterocycles. The van der Waals surface area contributed by atoms with E-state index in [2.05, 4.69) is 31.0 Å². The van der Waals surface area contributed by atoms with Crippen molar-refractivity contribution in [3.63, 3.8) is 0 Å². The molecule has 1 aromatic carbocycles. The van der Waals surface area contributed by atoms with Crippen molar-refractivity contribution in [2.75, 3.05) is 19.8 Å². The molecule has 0 unspecified atom stereocenters. The lowest BCUT2D eigenvalue weighted by Gasteiger charge is -2.20. The molecule has 2 aromatic heterocycles. The van der Waals surface area contributed by atoms with Crippen LogP contribution in [0.3, 0.4) is 0 Å². The predicted octanol–water partition coefficient (Wildman–Crippen LogP) is 2.76. The van der Waals surface area contributed by atoms with Crippen molar-refractivity contribution >= 4 is 34.2 Å². The molecule has 126 valence electrons. The van der Waals surface area contributed by atoms with Gasteiger partial charge in [0.15, 0.2) is 10.8 Å². The molecular weight excluding hydrogens is 322 g/mol. The number of para-hydroxylation sites is 1. The number of carbonyl (C=O) groups excluding carboxylic acids is 1. The maximum atomic E-state index is 11.9. The van der Waals surface area contributed by atoms with E-state index in [9.17, 15) is 4.79 Å². The van der Waals surface area contributed by atoms with E-state index in [1.54, 1.807) is 19.0 Å². The smallest absolute Gasteiger partial charge is 0.232 e. The van der Waals surface area contributed by atoms with Crippen molar-refractivity contribution in [2.45, 2.75) is 31.3 Å². The maximum absolute atomic E-state index is 11.9. The maximum Gasteiger partial charge on any atom is 0.232 e. The molecule has 0 aliphatic carbocycles. The monoisotopic (exact) mass is 343 g/mol. The third-order valence-electron chi connectivity index (χ3n) is 3.71. The van der Waals surface area contributed by atoms with Crippen molar-refractivity contribution in [2.24, 2.45) is 0 Å². The van der Waals surface area contributed by atoms with Gasteiger partial charge >= 0.3 is 0 Å². The van der Waals surface area contributed by atoms with E-state index < -0.39 is 0 Å². The number of benzene rings is 1. The zero-order valence-electron chi connectivity index (χ0n) is 14.6. The van der Waals surface area contributed by atoms with Crippen molar-refractivity contribution in [1.82, 2.24) is 24.5 Å². The van der Waals surface area contributed by atoms with Gasteiger partial charge in [0.2, 0.25) is 5.91 Å². The minimum atomic E-state index is -0.175. The fraction of sp³-hybridized carbons (Fsp3) is 0.412. The van der Waals surface area contributed by atoms with Gasteiger partial charge in [-0.1, -0.05) is 44.7 Å². The van der Waals surface area contributed by atoms with Crippen molar-refractivity contribution in [3.8, 4) is 0 Å². The van der Waals surface area contributed by atoms with Crippen LogP contribution in [-0.4, -0.2) is 50.2 Å². The molecule has 0 fully saturated rings. The number of fused-ring (bicyclic) bond motifs is 3. The van der Waals surface area contributed by atoms with Gasteiger partial charge in [0.05, 0.1) is 11.3 Å². The van der Waals surface area contributed by atoms with Crippen LogP contribution in [0.15, 0.2) is 29.4 Å². The standard InChI is InChI=1S/C17H21N5OS/c1-17(2,3)15-18-12-9-7-6-8-11(12)14-19-20-16(22(14)15)24-10-13(23)21(4)5/h6-9H,10H2,1-5H3. The molecule has 0 aliphatic heterocycles. The number of thioether (sulfide) groups is 1. The highest BCUT2D eigenvalue weighted by molar-refractivity contribution is 7.99. The summed E-state index contributed by atoms with van der Waals surface area (Å²) in [6, 6.07) is 7.93. The lowest BCUT2D eigenvalue weighted by atomic mass is 9.95. The summed E-state index contributed by atoms with van der Waals surface area (Å²) in [5.74, 6) is 1.26. The molecule has 3 aromatic rings. The Morgan fingerprint density at radius 1 is 1.21 bits per heavy atom. The van der Waals surface area contributed by atoms with Gasteiger partial charge in [0.1, 0.15) is 5.82 Å². The Balaban J connectivity index is 2.18. The molecule has 0 aliphatic rings. The summed E-state index contributed by atoms with van der Waals surface area (Å²) < 4.78 is 1.98. The summed E-state index contributed by atoms with van der Waals surface area (Å²) in [4.78, 5) is 18.3. The highest BCUT2D eigenvalue weighted by Gasteiger charge is 2.24. The number of hydrogen-bond acceptors (Lipinski definition) is 5. The van der Waals surface area contributed by atoms with Gasteiger partial charge in [-0.15, -0.1) is 10.2 Å². The molecule has 0 saturated carbocycles. The van der Waals surface area contributed by atoms with E-state index >= 15 is 0 Å². The molecule has 24 heavy (non-hydrogen) atoms. The van der Waals surface area contributed by atoms with Gasteiger partial charge in [-0.25, -0.2) is 4.98 Å². The first-order chi connectivity index (χ1) is 11.3. The Kier molecular flexibility index (Phi) is 4.21. The third-order valence-corrected chi connectivity index (χ3v) is 4.62. The van der Waals surface area contributed by atoms with Gasteiger partial charge in [-0.05, 0) is 12.1 Å². The van der Waals surface area contributed by atoms with E-state index in [-0.39, 0.29) is 11.3 Å². The Labute approximate surface area is 145 Å². The molecule has 7 heteroatoms. The SMILES string of the molecule is CN(C)C(=O)CSc1nnc2c3ccccc3nc(C(C)(C)C)n12. The average Bonchev–Trinajstić information content (AvgIpc) is 2.94. The summed E-state index contributed by atoms with van der Waals surface area (Å²) in [5, 5.41) is 10.3. The number of rotatable bonds is 3. The highest BCUT2D eigenvalue weighted by Crippen LogP contribution is 2.29. The molecule has 0 spiro atoms. The molecule has 0 radical (unpaired) electrons. The van der Waals surface area contributed by atoms with Crippen LogP contribution in [0.25, 0.3) is 16.6 Å². The van der Waals surface area contributed by atoms with Crippen LogP contribution in [0.4, 0.5) is 0 Å². The van der Waals surface area contributed by atoms with Crippen LogP contribution in [-0.2, 0) is 10.2 Å². The highest BCUT2D eigenvalue weighted by atomic mass is 32.2. The van der Waals surface area contributed by atoms with Gasteiger partial charge in [-0.2, -0.15) is 0 Å². The van der Waals surface area contributed by atoms with Crippen LogP contribution in [0.2, 0.25) is 0 Å². The number of nitrogens with zero attached hydrogens (tertiary/aromatic N) is 5. The van der Waals surface area contributed by atoms with Crippen LogP contribution in [0.5, 0.6) is 0 Å². The summed E-state index contributed by atoms with van der Waals surface area (Å²) in [6.45, 7) is 6.34. The lowest BCUT2D eigenvalue weighted by Crippen LogP contribution is -2.24. The predicted molar refractivity (Wildman–Crippen MR) is 96.4 cm³/mol. The number of amides is 1. The quantitative estimate of drug-likeness (QED) is 0.684. The van der Waals surface area contributed by atoms with E-state index in [1.807, 2.05) is 28.7 Å². The summed E-state index contributed by atoms with van der Waals surface area (Å²) in [7, 11) is 3.50. The van der Waals surface area contributed by atoms with Gasteiger partial charge in [0, 0.05) is 24.9 Å². The van der Waals surface area contributed by atoms with E-state index in [1.165, 1.54) is 11.8 Å². The third kappa shape index (κ3) is 2.96. The zero-order chi connectivity index (χ0) is 17.5. The van der Waals surface area contributed by atoms with Gasteiger partial charge < -0.3 is 4.90 Å². The molecule has 0 N–H and O–H groups in total. The van der Waals surface area contributed by atoms with E-state index in [0.29, 0.717) is 10.9 Å². The van der Waals surface area contributed by atoms with Gasteiger partial charge in [-0.3, -0.25) is 9.20 Å². The lowest BCUT2D eigenvalue weighted by molar-refractivity contribution is -0.125. The number of carbonyl (C=O) groups is 1. The normalized spacial score (nSPS) is 12.0. The Morgan fingerprint density at radius 2 is 1.92 bits per heavy atom. The number of aromatic nitrogens is 4. The van der Waals surface area contributed by atoms with Crippen molar-refractivity contribution < 1.29 is 4.79 Å². The largest absolute Gasteiger partial charge is 0.348 e. The Hall–Kier alpha value is -2.15. The summed E-state index contributed by atoms with van der Waals surface area (Å²) in [6.07, 6.45) is 0. The molecule has 3 rings (SSSR count). The second-order valence-electron chi connectivity index (χ2n) is 6.92. The fourth-order valence-corrected chi connectivity index (χ4v) is 3.32. The summed E-state index contributed by atoms with van der Waals surface area (Å²) >= 11 is 1.39. The van der Waals surface area contributed by atoms with E-state index in [4.69, 9.17) is 4.98 Å². The number of hydrogen-bond donors (Lipinski definition) is 0. The molecule has 0 saturated heterocycles.